The lowest BCUT2D eigenvalue weighted by molar-refractivity contribution is 0.270. The molecule has 0 unspecified atom stereocenters. The van der Waals surface area contributed by atoms with E-state index < -0.39 is 0 Å². The van der Waals surface area contributed by atoms with E-state index in [9.17, 15) is 0 Å². The molecule has 3 rings (SSSR count). The summed E-state index contributed by atoms with van der Waals surface area (Å²) in [7, 11) is 0. The summed E-state index contributed by atoms with van der Waals surface area (Å²) in [4.78, 5) is 4.20. The van der Waals surface area contributed by atoms with Crippen LogP contribution in [0.15, 0.2) is 42.7 Å². The zero-order valence-electron chi connectivity index (χ0n) is 8.98. The molecule has 0 saturated carbocycles. The molecule has 0 radical (unpaired) electrons. The predicted molar refractivity (Wildman–Crippen MR) is 62.1 cm³/mol. The molecule has 3 aromatic rings. The van der Waals surface area contributed by atoms with Crippen molar-refractivity contribution in [3.8, 4) is 11.1 Å². The average Bonchev–Trinajstić information content (AvgIpc) is 2.81. The topological polar surface area (TPSA) is 63.3 Å². The van der Waals surface area contributed by atoms with Gasteiger partial charge < -0.3 is 5.11 Å². The standard InChI is InChI=1S/C12H10N4O/c17-8-11-14-15-12-13-6-10(7-16(11)12)9-4-2-1-3-5-9/h1-7,17H,8H2. The van der Waals surface area contributed by atoms with E-state index in [0.717, 1.165) is 11.1 Å². The largest absolute Gasteiger partial charge is 0.388 e. The van der Waals surface area contributed by atoms with E-state index in [1.807, 2.05) is 36.5 Å². The Morgan fingerprint density at radius 3 is 2.65 bits per heavy atom. The lowest BCUT2D eigenvalue weighted by atomic mass is 10.1. The normalized spacial score (nSPS) is 10.9. The van der Waals surface area contributed by atoms with Crippen molar-refractivity contribution >= 4 is 5.78 Å². The summed E-state index contributed by atoms with van der Waals surface area (Å²) in [5, 5.41) is 16.9. The summed E-state index contributed by atoms with van der Waals surface area (Å²) in [5.41, 5.74) is 2.03. The second-order valence-electron chi connectivity index (χ2n) is 3.65. The lowest BCUT2D eigenvalue weighted by Gasteiger charge is -2.02. The van der Waals surface area contributed by atoms with Gasteiger partial charge in [0.25, 0.3) is 5.78 Å². The first kappa shape index (κ1) is 9.92. The van der Waals surface area contributed by atoms with Gasteiger partial charge in [0, 0.05) is 18.0 Å². The number of rotatable bonds is 2. The molecule has 0 saturated heterocycles. The Kier molecular flexibility index (Phi) is 2.31. The third kappa shape index (κ3) is 1.66. The highest BCUT2D eigenvalue weighted by atomic mass is 16.3. The molecule has 0 aliphatic carbocycles. The van der Waals surface area contributed by atoms with E-state index in [0.29, 0.717) is 11.6 Å². The maximum absolute atomic E-state index is 9.13. The molecule has 17 heavy (non-hydrogen) atoms. The summed E-state index contributed by atoms with van der Waals surface area (Å²) in [6, 6.07) is 9.92. The van der Waals surface area contributed by atoms with Gasteiger partial charge in [-0.15, -0.1) is 10.2 Å². The summed E-state index contributed by atoms with van der Waals surface area (Å²) >= 11 is 0. The molecular formula is C12H10N4O. The van der Waals surface area contributed by atoms with Gasteiger partial charge in [-0.25, -0.2) is 4.98 Å². The Balaban J connectivity index is 2.19. The van der Waals surface area contributed by atoms with E-state index in [-0.39, 0.29) is 6.61 Å². The van der Waals surface area contributed by atoms with Crippen molar-refractivity contribution in [2.45, 2.75) is 6.61 Å². The molecule has 2 aromatic heterocycles. The van der Waals surface area contributed by atoms with Crippen molar-refractivity contribution in [2.24, 2.45) is 0 Å². The summed E-state index contributed by atoms with van der Waals surface area (Å²) in [5.74, 6) is 0.985. The van der Waals surface area contributed by atoms with Crippen LogP contribution in [0, 0.1) is 0 Å². The fourth-order valence-corrected chi connectivity index (χ4v) is 1.72. The fraction of sp³-hybridized carbons (Fsp3) is 0.0833. The number of aliphatic hydroxyl groups excluding tert-OH is 1. The van der Waals surface area contributed by atoms with Crippen LogP contribution in [-0.2, 0) is 6.61 Å². The second kappa shape index (κ2) is 3.95. The number of benzene rings is 1. The highest BCUT2D eigenvalue weighted by Crippen LogP contribution is 2.18. The Morgan fingerprint density at radius 1 is 1.06 bits per heavy atom. The van der Waals surface area contributed by atoms with Crippen molar-refractivity contribution in [3.05, 3.63) is 48.5 Å². The highest BCUT2D eigenvalue weighted by Gasteiger charge is 2.06. The van der Waals surface area contributed by atoms with Gasteiger partial charge in [0.1, 0.15) is 6.61 Å². The third-order valence-corrected chi connectivity index (χ3v) is 2.58. The smallest absolute Gasteiger partial charge is 0.255 e. The molecule has 0 spiro atoms. The van der Waals surface area contributed by atoms with Crippen LogP contribution in [0.1, 0.15) is 5.82 Å². The van der Waals surface area contributed by atoms with Crippen molar-refractivity contribution < 1.29 is 5.11 Å². The number of aliphatic hydroxyl groups is 1. The van der Waals surface area contributed by atoms with Gasteiger partial charge in [0.05, 0.1) is 0 Å². The maximum Gasteiger partial charge on any atom is 0.255 e. The summed E-state index contributed by atoms with van der Waals surface area (Å²) in [6.07, 6.45) is 3.63. The predicted octanol–water partition coefficient (Wildman–Crippen LogP) is 1.28. The van der Waals surface area contributed by atoms with E-state index in [1.54, 1.807) is 10.6 Å². The Bertz CT molecular complexity index is 648. The molecule has 0 bridgehead atoms. The fourth-order valence-electron chi connectivity index (χ4n) is 1.72. The molecule has 0 aliphatic heterocycles. The Labute approximate surface area is 97.4 Å². The molecular weight excluding hydrogens is 216 g/mol. The first-order valence-corrected chi connectivity index (χ1v) is 5.24. The van der Waals surface area contributed by atoms with E-state index >= 15 is 0 Å². The zero-order chi connectivity index (χ0) is 11.7. The summed E-state index contributed by atoms with van der Waals surface area (Å²) < 4.78 is 1.70. The van der Waals surface area contributed by atoms with Crippen LogP contribution in [0.2, 0.25) is 0 Å². The van der Waals surface area contributed by atoms with Gasteiger partial charge in [-0.1, -0.05) is 30.3 Å². The van der Waals surface area contributed by atoms with Crippen LogP contribution in [0.4, 0.5) is 0 Å². The molecule has 0 fully saturated rings. The molecule has 5 nitrogen and oxygen atoms in total. The number of aromatic nitrogens is 4. The minimum Gasteiger partial charge on any atom is -0.388 e. The number of fused-ring (bicyclic) bond motifs is 1. The van der Waals surface area contributed by atoms with Gasteiger partial charge in [-0.3, -0.25) is 4.40 Å². The van der Waals surface area contributed by atoms with Crippen molar-refractivity contribution in [3.63, 3.8) is 0 Å². The van der Waals surface area contributed by atoms with Crippen LogP contribution < -0.4 is 0 Å². The van der Waals surface area contributed by atoms with Gasteiger partial charge in [-0.05, 0) is 5.56 Å². The second-order valence-corrected chi connectivity index (χ2v) is 3.65. The Morgan fingerprint density at radius 2 is 1.88 bits per heavy atom. The van der Waals surface area contributed by atoms with E-state index in [2.05, 4.69) is 15.2 Å². The van der Waals surface area contributed by atoms with Crippen molar-refractivity contribution in [1.82, 2.24) is 19.6 Å². The van der Waals surface area contributed by atoms with Crippen LogP contribution in [0.3, 0.4) is 0 Å². The molecule has 84 valence electrons. The quantitative estimate of drug-likeness (QED) is 0.715. The van der Waals surface area contributed by atoms with Gasteiger partial charge >= 0.3 is 0 Å². The minimum absolute atomic E-state index is 0.152. The monoisotopic (exact) mass is 226 g/mol. The first-order chi connectivity index (χ1) is 8.38. The molecule has 0 atom stereocenters. The zero-order valence-corrected chi connectivity index (χ0v) is 8.98. The van der Waals surface area contributed by atoms with Gasteiger partial charge in [0.2, 0.25) is 0 Å². The Hall–Kier alpha value is -2.27. The van der Waals surface area contributed by atoms with Crippen molar-refractivity contribution in [1.29, 1.82) is 0 Å². The molecule has 0 amide bonds. The molecule has 5 heteroatoms. The highest BCUT2D eigenvalue weighted by molar-refractivity contribution is 5.62. The number of hydrogen-bond acceptors (Lipinski definition) is 4. The SMILES string of the molecule is OCc1nnc2ncc(-c3ccccc3)cn12. The summed E-state index contributed by atoms with van der Waals surface area (Å²) in [6.45, 7) is -0.152. The van der Waals surface area contributed by atoms with E-state index in [4.69, 9.17) is 5.11 Å². The third-order valence-electron chi connectivity index (χ3n) is 2.58. The van der Waals surface area contributed by atoms with Crippen LogP contribution in [0.25, 0.3) is 16.9 Å². The first-order valence-electron chi connectivity index (χ1n) is 5.24. The van der Waals surface area contributed by atoms with E-state index in [1.165, 1.54) is 0 Å². The van der Waals surface area contributed by atoms with Crippen molar-refractivity contribution in [2.75, 3.05) is 0 Å². The number of nitrogens with zero attached hydrogens (tertiary/aromatic N) is 4. The molecule has 2 heterocycles. The minimum atomic E-state index is -0.152. The van der Waals surface area contributed by atoms with Gasteiger partial charge in [-0.2, -0.15) is 0 Å². The van der Waals surface area contributed by atoms with Crippen LogP contribution in [-0.4, -0.2) is 24.7 Å². The molecule has 0 aliphatic rings. The van der Waals surface area contributed by atoms with Gasteiger partial charge in [0.15, 0.2) is 5.82 Å². The lowest BCUT2D eigenvalue weighted by Crippen LogP contribution is -1.96. The maximum atomic E-state index is 9.13. The molecule has 1 aromatic carbocycles. The number of hydrogen-bond donors (Lipinski definition) is 1. The molecule has 1 N–H and O–H groups in total. The van der Waals surface area contributed by atoms with Crippen LogP contribution in [0.5, 0.6) is 0 Å². The average molecular weight is 226 g/mol. The van der Waals surface area contributed by atoms with Crippen LogP contribution >= 0.6 is 0 Å².